The number of aliphatic hydroxyl groups is 1. The van der Waals surface area contributed by atoms with E-state index in [1.807, 2.05) is 0 Å². The summed E-state index contributed by atoms with van der Waals surface area (Å²) in [5, 5.41) is 39.2. The molecule has 0 aliphatic heterocycles. The minimum Gasteiger partial charge on any atom is -0.481 e. The molecule has 3 aliphatic rings. The topological polar surface area (TPSA) is 260 Å². The van der Waals surface area contributed by atoms with Crippen LogP contribution in [0, 0.1) is 35.5 Å². The van der Waals surface area contributed by atoms with E-state index in [9.17, 15) is 58.8 Å². The van der Waals surface area contributed by atoms with Crippen molar-refractivity contribution in [1.82, 2.24) is 13.7 Å². The number of aromatic nitrogens is 3. The van der Waals surface area contributed by atoms with E-state index in [-0.39, 0.29) is 0 Å². The van der Waals surface area contributed by atoms with Crippen LogP contribution in [0.1, 0.15) is 77.0 Å². The molecule has 4 N–H and O–H groups in total. The summed E-state index contributed by atoms with van der Waals surface area (Å²) >= 11 is 0. The molecule has 51 heavy (non-hydrogen) atoms. The fraction of sp³-hybridized carbons (Fsp3) is 0.758. The maximum absolute atomic E-state index is 13.4. The van der Waals surface area contributed by atoms with Crippen LogP contribution in [-0.2, 0) is 57.8 Å². The first-order valence-corrected chi connectivity index (χ1v) is 17.6. The molecule has 0 bridgehead atoms. The van der Waals surface area contributed by atoms with Crippen LogP contribution in [0.4, 0.5) is 0 Å². The molecule has 18 nitrogen and oxygen atoms in total. The Bertz CT molecular complexity index is 1520. The lowest BCUT2D eigenvalue weighted by molar-refractivity contribution is -0.172. The van der Waals surface area contributed by atoms with Crippen LogP contribution < -0.4 is 17.1 Å². The number of carbonyl (C=O) groups is 5. The number of carbonyl (C=O) groups excluding carboxylic acids is 2. The molecule has 3 fully saturated rings. The van der Waals surface area contributed by atoms with Crippen molar-refractivity contribution >= 4 is 29.8 Å². The van der Waals surface area contributed by atoms with Crippen LogP contribution in [0.2, 0.25) is 0 Å². The van der Waals surface area contributed by atoms with Gasteiger partial charge in [0.25, 0.3) is 0 Å². The highest BCUT2D eigenvalue weighted by molar-refractivity contribution is 5.82. The number of nitrogens with zero attached hydrogens (tertiary/aromatic N) is 3. The Labute approximate surface area is 291 Å². The molecule has 7 unspecified atom stereocenters. The fourth-order valence-electron chi connectivity index (χ4n) is 7.56. The van der Waals surface area contributed by atoms with Crippen LogP contribution in [0.3, 0.4) is 0 Å². The maximum Gasteiger partial charge on any atom is 0.336 e. The number of rotatable bonds is 16. The summed E-state index contributed by atoms with van der Waals surface area (Å²) in [7, 11) is 0. The Morgan fingerprint density at radius 3 is 1.25 bits per heavy atom. The van der Waals surface area contributed by atoms with Crippen LogP contribution in [0.15, 0.2) is 14.4 Å². The van der Waals surface area contributed by atoms with Crippen LogP contribution >= 0.6 is 0 Å². The molecule has 3 aliphatic carbocycles. The molecule has 0 aromatic carbocycles. The highest BCUT2D eigenvalue weighted by Crippen LogP contribution is 2.34. The van der Waals surface area contributed by atoms with Crippen molar-refractivity contribution in [2.75, 3.05) is 19.8 Å². The van der Waals surface area contributed by atoms with E-state index in [4.69, 9.17) is 14.2 Å². The van der Waals surface area contributed by atoms with E-state index in [1.165, 1.54) is 0 Å². The highest BCUT2D eigenvalue weighted by Gasteiger charge is 2.39. The van der Waals surface area contributed by atoms with Crippen molar-refractivity contribution in [3.63, 3.8) is 0 Å². The van der Waals surface area contributed by atoms with Gasteiger partial charge in [-0.25, -0.2) is 28.1 Å². The molecule has 4 rings (SSSR count). The van der Waals surface area contributed by atoms with E-state index in [0.717, 1.165) is 0 Å². The molecule has 18 heteroatoms. The number of hydrogen-bond acceptors (Lipinski definition) is 12. The Morgan fingerprint density at radius 1 is 0.529 bits per heavy atom. The van der Waals surface area contributed by atoms with Crippen molar-refractivity contribution in [3.05, 3.63) is 31.5 Å². The van der Waals surface area contributed by atoms with E-state index < -0.39 is 128 Å². The Morgan fingerprint density at radius 2 is 0.863 bits per heavy atom. The van der Waals surface area contributed by atoms with Crippen molar-refractivity contribution in [2.24, 2.45) is 35.5 Å². The van der Waals surface area contributed by atoms with E-state index in [1.54, 1.807) is 0 Å². The summed E-state index contributed by atoms with van der Waals surface area (Å²) in [5.74, 6) is -10.1. The van der Waals surface area contributed by atoms with Crippen molar-refractivity contribution in [2.45, 2.75) is 103 Å². The van der Waals surface area contributed by atoms with Gasteiger partial charge in [-0.2, -0.15) is 0 Å². The number of carboxylic acid groups (broad SMARTS) is 3. The van der Waals surface area contributed by atoms with Crippen LogP contribution in [0.5, 0.6) is 0 Å². The number of ether oxygens (including phenoxy) is 3. The summed E-state index contributed by atoms with van der Waals surface area (Å²) < 4.78 is 17.9. The molecule has 0 saturated heterocycles. The second kappa shape index (κ2) is 18.3. The lowest BCUT2D eigenvalue weighted by atomic mass is 9.79. The van der Waals surface area contributed by atoms with Gasteiger partial charge in [0, 0.05) is 5.92 Å². The van der Waals surface area contributed by atoms with Gasteiger partial charge in [-0.3, -0.25) is 24.0 Å². The zero-order chi connectivity index (χ0) is 37.2. The zero-order valence-electron chi connectivity index (χ0n) is 28.4. The first-order chi connectivity index (χ1) is 24.3. The van der Waals surface area contributed by atoms with Gasteiger partial charge in [-0.05, 0) is 38.5 Å². The zero-order valence-corrected chi connectivity index (χ0v) is 28.4. The Hall–Kier alpha value is -4.32. The summed E-state index contributed by atoms with van der Waals surface area (Å²) in [4.78, 5) is 101. The van der Waals surface area contributed by atoms with Gasteiger partial charge < -0.3 is 34.6 Å². The maximum atomic E-state index is 13.4. The third kappa shape index (κ3) is 9.72. The number of carboxylic acids is 3. The second-order valence-corrected chi connectivity index (χ2v) is 13.5. The largest absolute Gasteiger partial charge is 0.481 e. The van der Waals surface area contributed by atoms with Gasteiger partial charge in [-0.1, -0.05) is 38.5 Å². The van der Waals surface area contributed by atoms with Crippen molar-refractivity contribution < 1.29 is 58.6 Å². The summed E-state index contributed by atoms with van der Waals surface area (Å²) in [6.45, 7) is -2.92. The van der Waals surface area contributed by atoms with Gasteiger partial charge in [0.05, 0.1) is 55.8 Å². The lowest BCUT2D eigenvalue weighted by Crippen LogP contribution is -2.55. The van der Waals surface area contributed by atoms with Gasteiger partial charge in [0.1, 0.15) is 13.2 Å². The van der Waals surface area contributed by atoms with Crippen LogP contribution in [-0.4, -0.2) is 90.1 Å². The molecule has 0 radical (unpaired) electrons. The molecule has 1 aromatic heterocycles. The third-order valence-corrected chi connectivity index (χ3v) is 10.4. The first kappa shape index (κ1) is 39.5. The summed E-state index contributed by atoms with van der Waals surface area (Å²) in [5.41, 5.74) is -3.30. The van der Waals surface area contributed by atoms with Crippen LogP contribution in [0.25, 0.3) is 0 Å². The van der Waals surface area contributed by atoms with E-state index in [2.05, 4.69) is 0 Å². The Balaban J connectivity index is 1.51. The fourth-order valence-corrected chi connectivity index (χ4v) is 7.56. The van der Waals surface area contributed by atoms with Crippen molar-refractivity contribution in [3.8, 4) is 0 Å². The molecule has 0 spiro atoms. The van der Waals surface area contributed by atoms with E-state index in [0.29, 0.717) is 90.8 Å². The molecule has 1 heterocycles. The molecular formula is C33H47N3O15. The minimum atomic E-state index is -1.50. The van der Waals surface area contributed by atoms with Gasteiger partial charge in [0.15, 0.2) is 6.29 Å². The second-order valence-electron chi connectivity index (χ2n) is 13.5. The quantitative estimate of drug-likeness (QED) is 0.132. The predicted molar refractivity (Wildman–Crippen MR) is 172 cm³/mol. The molecule has 284 valence electrons. The molecule has 3 saturated carbocycles. The summed E-state index contributed by atoms with van der Waals surface area (Å²) in [6.07, 6.45) is 4.42. The summed E-state index contributed by atoms with van der Waals surface area (Å²) in [6, 6.07) is 0. The van der Waals surface area contributed by atoms with E-state index >= 15 is 0 Å². The average Bonchev–Trinajstić information content (AvgIpc) is 3.12. The van der Waals surface area contributed by atoms with Gasteiger partial charge in [-0.15, -0.1) is 0 Å². The minimum absolute atomic E-state index is 0.306. The van der Waals surface area contributed by atoms with Gasteiger partial charge in [0.2, 0.25) is 0 Å². The lowest BCUT2D eigenvalue weighted by Gasteiger charge is -2.31. The number of aliphatic hydroxyl groups excluding tert-OH is 1. The number of esters is 2. The smallest absolute Gasteiger partial charge is 0.336 e. The molecule has 7 atom stereocenters. The first-order valence-electron chi connectivity index (χ1n) is 17.6. The SMILES string of the molecule is O=C(O)C1CCCCC1C(=O)OCCn1c(=O)n(CCOC(=O)C2CCCCC2C(=O)O)c(=O)n(CCOC(O)C2CCCCC2C(=O)O)c1=O. The molecular weight excluding hydrogens is 678 g/mol. The van der Waals surface area contributed by atoms with Crippen molar-refractivity contribution in [1.29, 1.82) is 0 Å². The third-order valence-electron chi connectivity index (χ3n) is 10.4. The number of hydrogen-bond donors (Lipinski definition) is 4. The number of aliphatic carboxylic acids is 3. The predicted octanol–water partition coefficient (Wildman–Crippen LogP) is 0.266. The Kier molecular flexibility index (Phi) is 14.1. The molecule has 1 aromatic rings. The standard InChI is InChI=1S/C33H47N3O15/c37-25(38)19-7-1-4-10-22(19)28(43)49-16-13-34-31(46)35(14-17-50-29(44)23-11-5-2-8-20(23)26(39)40)33(48)36(32(34)47)15-18-51-30(45)24-12-6-3-9-21(24)27(41)42/h19-24,28,43H,1-18H2,(H,37,38)(H,39,40)(H,41,42). The molecule has 0 amide bonds. The highest BCUT2D eigenvalue weighted by atomic mass is 16.6. The van der Waals surface area contributed by atoms with Gasteiger partial charge >= 0.3 is 46.9 Å². The monoisotopic (exact) mass is 725 g/mol. The average molecular weight is 726 g/mol. The normalized spacial score (nSPS) is 25.7.